The van der Waals surface area contributed by atoms with Crippen LogP contribution in [0.1, 0.15) is 22.5 Å². The Kier molecular flexibility index (Phi) is 6.22. The molecule has 1 aromatic heterocycles. The average Bonchev–Trinajstić information content (AvgIpc) is 3.13. The molecule has 2 aromatic rings. The second kappa shape index (κ2) is 8.46. The molecule has 1 fully saturated rings. The lowest BCUT2D eigenvalue weighted by molar-refractivity contribution is -0.122. The van der Waals surface area contributed by atoms with E-state index in [1.54, 1.807) is 18.4 Å². The number of hydrogen-bond acceptors (Lipinski definition) is 5. The SMILES string of the molecule is Cc1cc(C)c(S(=O)(=O)N2CCN(CC(=O)NCc3ccco3)CC2)c(C)c1. The predicted molar refractivity (Wildman–Crippen MR) is 106 cm³/mol. The number of carbonyl (C=O) groups is 1. The summed E-state index contributed by atoms with van der Waals surface area (Å²) < 4.78 is 33.0. The van der Waals surface area contributed by atoms with Gasteiger partial charge in [-0.2, -0.15) is 4.31 Å². The van der Waals surface area contributed by atoms with Crippen LogP contribution in [0.5, 0.6) is 0 Å². The van der Waals surface area contributed by atoms with Crippen molar-refractivity contribution in [3.8, 4) is 0 Å². The molecule has 0 bridgehead atoms. The molecule has 1 aliphatic heterocycles. The predicted octanol–water partition coefficient (Wildman–Crippen LogP) is 1.83. The molecule has 3 rings (SSSR count). The van der Waals surface area contributed by atoms with E-state index in [1.807, 2.05) is 37.8 Å². The Morgan fingerprint density at radius 3 is 2.32 bits per heavy atom. The monoisotopic (exact) mass is 405 g/mol. The number of piperazine rings is 1. The molecule has 8 heteroatoms. The van der Waals surface area contributed by atoms with Crippen molar-refractivity contribution in [2.45, 2.75) is 32.2 Å². The summed E-state index contributed by atoms with van der Waals surface area (Å²) in [6.07, 6.45) is 1.57. The van der Waals surface area contributed by atoms with Crippen LogP contribution in [0.4, 0.5) is 0 Å². The zero-order valence-corrected chi connectivity index (χ0v) is 17.4. The maximum Gasteiger partial charge on any atom is 0.243 e. The van der Waals surface area contributed by atoms with Crippen molar-refractivity contribution >= 4 is 15.9 Å². The quantitative estimate of drug-likeness (QED) is 0.793. The molecule has 7 nitrogen and oxygen atoms in total. The normalized spacial score (nSPS) is 16.2. The molecule has 1 N–H and O–H groups in total. The zero-order valence-electron chi connectivity index (χ0n) is 16.6. The third-order valence-corrected chi connectivity index (χ3v) is 7.15. The summed E-state index contributed by atoms with van der Waals surface area (Å²) >= 11 is 0. The van der Waals surface area contributed by atoms with Gasteiger partial charge in [0.05, 0.1) is 24.2 Å². The van der Waals surface area contributed by atoms with Crippen LogP contribution in [0, 0.1) is 20.8 Å². The second-order valence-electron chi connectivity index (χ2n) is 7.26. The molecule has 0 radical (unpaired) electrons. The van der Waals surface area contributed by atoms with Gasteiger partial charge in [0.2, 0.25) is 15.9 Å². The van der Waals surface area contributed by atoms with Crippen LogP contribution >= 0.6 is 0 Å². The molecule has 0 atom stereocenters. The van der Waals surface area contributed by atoms with Crippen molar-refractivity contribution in [2.75, 3.05) is 32.7 Å². The molecule has 0 unspecified atom stereocenters. The molecule has 0 spiro atoms. The van der Waals surface area contributed by atoms with Crippen molar-refractivity contribution < 1.29 is 17.6 Å². The molecule has 1 amide bonds. The van der Waals surface area contributed by atoms with Crippen molar-refractivity contribution in [1.82, 2.24) is 14.5 Å². The first-order valence-electron chi connectivity index (χ1n) is 9.37. The highest BCUT2D eigenvalue weighted by Crippen LogP contribution is 2.26. The number of nitrogens with one attached hydrogen (secondary N) is 1. The smallest absolute Gasteiger partial charge is 0.243 e. The van der Waals surface area contributed by atoms with Gasteiger partial charge in [0.25, 0.3) is 0 Å². The molecule has 0 saturated carbocycles. The Hall–Kier alpha value is -2.16. The summed E-state index contributed by atoms with van der Waals surface area (Å²) in [5.41, 5.74) is 2.61. The van der Waals surface area contributed by atoms with Gasteiger partial charge in [-0.3, -0.25) is 9.69 Å². The minimum absolute atomic E-state index is 0.0991. The first-order valence-corrected chi connectivity index (χ1v) is 10.8. The molecule has 152 valence electrons. The highest BCUT2D eigenvalue weighted by molar-refractivity contribution is 7.89. The third kappa shape index (κ3) is 4.63. The summed E-state index contributed by atoms with van der Waals surface area (Å²) in [6, 6.07) is 7.39. The van der Waals surface area contributed by atoms with Gasteiger partial charge in [0.15, 0.2) is 0 Å². The van der Waals surface area contributed by atoms with E-state index in [2.05, 4.69) is 5.32 Å². The van der Waals surface area contributed by atoms with Crippen molar-refractivity contribution in [2.24, 2.45) is 0 Å². The van der Waals surface area contributed by atoms with Gasteiger partial charge in [-0.15, -0.1) is 0 Å². The van der Waals surface area contributed by atoms with E-state index in [-0.39, 0.29) is 12.5 Å². The van der Waals surface area contributed by atoms with Gasteiger partial charge >= 0.3 is 0 Å². The molecule has 1 saturated heterocycles. The topological polar surface area (TPSA) is 82.9 Å². The van der Waals surface area contributed by atoms with Gasteiger partial charge < -0.3 is 9.73 Å². The standard InChI is InChI=1S/C20H27N3O4S/c1-15-11-16(2)20(17(3)12-15)28(25,26)23-8-6-22(7-9-23)14-19(24)21-13-18-5-4-10-27-18/h4-5,10-12H,6-9,13-14H2,1-3H3,(H,21,24). The third-order valence-electron chi connectivity index (χ3n) is 4.94. The lowest BCUT2D eigenvalue weighted by Crippen LogP contribution is -2.51. The molecule has 0 aliphatic carbocycles. The van der Waals surface area contributed by atoms with Gasteiger partial charge in [0, 0.05) is 26.2 Å². The van der Waals surface area contributed by atoms with Crippen molar-refractivity contribution in [3.63, 3.8) is 0 Å². The van der Waals surface area contributed by atoms with Crippen LogP contribution in [0.2, 0.25) is 0 Å². The molecule has 2 heterocycles. The fourth-order valence-electron chi connectivity index (χ4n) is 3.69. The highest BCUT2D eigenvalue weighted by atomic mass is 32.2. The Morgan fingerprint density at radius 1 is 1.11 bits per heavy atom. The number of rotatable bonds is 6. The number of aryl methyl sites for hydroxylation is 3. The lowest BCUT2D eigenvalue weighted by Gasteiger charge is -2.34. The van der Waals surface area contributed by atoms with Gasteiger partial charge in [-0.05, 0) is 44.0 Å². The second-order valence-corrected chi connectivity index (χ2v) is 9.14. The Labute approximate surface area is 166 Å². The number of sulfonamides is 1. The largest absolute Gasteiger partial charge is 0.467 e. The molecular weight excluding hydrogens is 378 g/mol. The van der Waals surface area contributed by atoms with Crippen LogP contribution in [0.3, 0.4) is 0 Å². The Morgan fingerprint density at radius 2 is 1.75 bits per heavy atom. The number of carbonyl (C=O) groups excluding carboxylic acids is 1. The van der Waals surface area contributed by atoms with Gasteiger partial charge in [-0.1, -0.05) is 17.7 Å². The van der Waals surface area contributed by atoms with E-state index < -0.39 is 10.0 Å². The fourth-order valence-corrected chi connectivity index (χ4v) is 5.52. The van der Waals surface area contributed by atoms with E-state index in [1.165, 1.54) is 4.31 Å². The molecule has 28 heavy (non-hydrogen) atoms. The van der Waals surface area contributed by atoms with E-state index in [0.29, 0.717) is 43.4 Å². The maximum absolute atomic E-state index is 13.1. The summed E-state index contributed by atoms with van der Waals surface area (Å²) in [6.45, 7) is 8.05. The van der Waals surface area contributed by atoms with Crippen LogP contribution in [-0.2, 0) is 21.4 Å². The molecule has 1 aromatic carbocycles. The maximum atomic E-state index is 13.1. The van der Waals surface area contributed by atoms with Gasteiger partial charge in [0.1, 0.15) is 5.76 Å². The summed E-state index contributed by atoms with van der Waals surface area (Å²) in [7, 11) is -3.54. The van der Waals surface area contributed by atoms with Crippen LogP contribution in [0.25, 0.3) is 0 Å². The average molecular weight is 406 g/mol. The van der Waals surface area contributed by atoms with Crippen LogP contribution in [0.15, 0.2) is 39.8 Å². The number of nitrogens with zero attached hydrogens (tertiary/aromatic N) is 2. The first kappa shape index (κ1) is 20.6. The van der Waals surface area contributed by atoms with Gasteiger partial charge in [-0.25, -0.2) is 8.42 Å². The fraction of sp³-hybridized carbons (Fsp3) is 0.450. The van der Waals surface area contributed by atoms with E-state index in [0.717, 1.165) is 16.7 Å². The highest BCUT2D eigenvalue weighted by Gasteiger charge is 2.31. The number of amides is 1. The number of benzene rings is 1. The lowest BCUT2D eigenvalue weighted by atomic mass is 10.1. The summed E-state index contributed by atoms with van der Waals surface area (Å²) in [5, 5.41) is 2.81. The minimum atomic E-state index is -3.54. The van der Waals surface area contributed by atoms with E-state index in [9.17, 15) is 13.2 Å². The minimum Gasteiger partial charge on any atom is -0.467 e. The molecule has 1 aliphatic rings. The Balaban J connectivity index is 1.56. The number of furan rings is 1. The first-order chi connectivity index (χ1) is 13.3. The van der Waals surface area contributed by atoms with Crippen LogP contribution in [-0.4, -0.2) is 56.3 Å². The molecular formula is C20H27N3O4S. The summed E-state index contributed by atoms with van der Waals surface area (Å²) in [4.78, 5) is 14.5. The zero-order chi connectivity index (χ0) is 20.3. The van der Waals surface area contributed by atoms with Crippen molar-refractivity contribution in [1.29, 1.82) is 0 Å². The van der Waals surface area contributed by atoms with E-state index >= 15 is 0 Å². The van der Waals surface area contributed by atoms with E-state index in [4.69, 9.17) is 4.42 Å². The Bertz CT molecular complexity index is 907. The number of hydrogen-bond donors (Lipinski definition) is 1. The summed E-state index contributed by atoms with van der Waals surface area (Å²) in [5.74, 6) is 0.603. The van der Waals surface area contributed by atoms with Crippen molar-refractivity contribution in [3.05, 3.63) is 53.0 Å². The van der Waals surface area contributed by atoms with Crippen LogP contribution < -0.4 is 5.32 Å².